The summed E-state index contributed by atoms with van der Waals surface area (Å²) in [6.07, 6.45) is 2.69. The molecule has 1 aromatic heterocycles. The number of Topliss-reactive ketones (excluding diaryl/α,β-unsaturated/α-hetero) is 1. The predicted molar refractivity (Wildman–Crippen MR) is 83.8 cm³/mol. The maximum atomic E-state index is 12.5. The second kappa shape index (κ2) is 7.50. The molecule has 0 amide bonds. The molecular formula is C18H19NO3. The molecular weight excluding hydrogens is 278 g/mol. The lowest BCUT2D eigenvalue weighted by Gasteiger charge is -2.18. The molecule has 0 radical (unpaired) electrons. The van der Waals surface area contributed by atoms with Crippen LogP contribution in [0.3, 0.4) is 0 Å². The molecule has 22 heavy (non-hydrogen) atoms. The monoisotopic (exact) mass is 297 g/mol. The molecule has 1 aromatic carbocycles. The van der Waals surface area contributed by atoms with Gasteiger partial charge in [0.25, 0.3) is 0 Å². The van der Waals surface area contributed by atoms with Crippen LogP contribution in [0.15, 0.2) is 54.7 Å². The van der Waals surface area contributed by atoms with Crippen LogP contribution in [-0.2, 0) is 4.79 Å². The summed E-state index contributed by atoms with van der Waals surface area (Å²) in [5, 5.41) is 9.46. The largest absolute Gasteiger partial charge is 0.481 e. The Morgan fingerprint density at radius 3 is 2.32 bits per heavy atom. The molecule has 0 aliphatic heterocycles. The first-order chi connectivity index (χ1) is 10.6. The molecule has 0 saturated heterocycles. The van der Waals surface area contributed by atoms with Crippen molar-refractivity contribution in [2.45, 2.75) is 25.7 Å². The SMILES string of the molecule is CCC(CC(C(=O)O)C(=O)c1ccccc1)c1ccccn1. The summed E-state index contributed by atoms with van der Waals surface area (Å²) in [5.74, 6) is -2.52. The highest BCUT2D eigenvalue weighted by molar-refractivity contribution is 6.08. The number of carbonyl (C=O) groups excluding carboxylic acids is 1. The highest BCUT2D eigenvalue weighted by Crippen LogP contribution is 2.27. The first-order valence-corrected chi connectivity index (χ1v) is 7.36. The van der Waals surface area contributed by atoms with Crippen molar-refractivity contribution in [3.63, 3.8) is 0 Å². The second-order valence-corrected chi connectivity index (χ2v) is 5.22. The van der Waals surface area contributed by atoms with Gasteiger partial charge in [0.2, 0.25) is 0 Å². The van der Waals surface area contributed by atoms with Crippen molar-refractivity contribution in [1.29, 1.82) is 0 Å². The Labute approximate surface area is 129 Å². The molecule has 0 spiro atoms. The molecule has 2 unspecified atom stereocenters. The number of hydrogen-bond acceptors (Lipinski definition) is 3. The molecule has 0 saturated carbocycles. The first-order valence-electron chi connectivity index (χ1n) is 7.36. The van der Waals surface area contributed by atoms with E-state index < -0.39 is 11.9 Å². The number of ketones is 1. The van der Waals surface area contributed by atoms with Gasteiger partial charge in [0.05, 0.1) is 0 Å². The number of benzene rings is 1. The van der Waals surface area contributed by atoms with Crippen LogP contribution in [0.1, 0.15) is 41.7 Å². The van der Waals surface area contributed by atoms with E-state index in [0.717, 1.165) is 12.1 Å². The highest BCUT2D eigenvalue weighted by Gasteiger charge is 2.30. The van der Waals surface area contributed by atoms with Gasteiger partial charge < -0.3 is 5.11 Å². The van der Waals surface area contributed by atoms with E-state index in [1.807, 2.05) is 25.1 Å². The van der Waals surface area contributed by atoms with Crippen molar-refractivity contribution in [3.8, 4) is 0 Å². The number of hydrogen-bond donors (Lipinski definition) is 1. The lowest BCUT2D eigenvalue weighted by Crippen LogP contribution is -2.26. The van der Waals surface area contributed by atoms with Gasteiger partial charge in [-0.05, 0) is 25.0 Å². The summed E-state index contributed by atoms with van der Waals surface area (Å²) in [7, 11) is 0. The molecule has 1 N–H and O–H groups in total. The summed E-state index contributed by atoms with van der Waals surface area (Å²) in [6, 6.07) is 14.2. The molecule has 2 aromatic rings. The highest BCUT2D eigenvalue weighted by atomic mass is 16.4. The number of carboxylic acids is 1. The zero-order valence-electron chi connectivity index (χ0n) is 12.5. The minimum atomic E-state index is -1.08. The maximum absolute atomic E-state index is 12.5. The Kier molecular flexibility index (Phi) is 5.42. The maximum Gasteiger partial charge on any atom is 0.314 e. The van der Waals surface area contributed by atoms with Crippen molar-refractivity contribution in [1.82, 2.24) is 4.98 Å². The van der Waals surface area contributed by atoms with Crippen LogP contribution in [0, 0.1) is 5.92 Å². The van der Waals surface area contributed by atoms with Gasteiger partial charge in [-0.25, -0.2) is 0 Å². The van der Waals surface area contributed by atoms with E-state index in [1.165, 1.54) is 0 Å². The van der Waals surface area contributed by atoms with Crippen molar-refractivity contribution >= 4 is 11.8 Å². The Hall–Kier alpha value is -2.49. The summed E-state index contributed by atoms with van der Waals surface area (Å²) >= 11 is 0. The van der Waals surface area contributed by atoms with Crippen LogP contribution in [-0.4, -0.2) is 21.8 Å². The average Bonchev–Trinajstić information content (AvgIpc) is 2.56. The predicted octanol–water partition coefficient (Wildman–Crippen LogP) is 3.55. The molecule has 4 heteroatoms. The normalized spacial score (nSPS) is 13.3. The lowest BCUT2D eigenvalue weighted by molar-refractivity contribution is -0.140. The van der Waals surface area contributed by atoms with E-state index in [-0.39, 0.29) is 18.1 Å². The van der Waals surface area contributed by atoms with Gasteiger partial charge in [-0.3, -0.25) is 14.6 Å². The van der Waals surface area contributed by atoms with Crippen molar-refractivity contribution in [2.24, 2.45) is 5.92 Å². The van der Waals surface area contributed by atoms with Crippen molar-refractivity contribution < 1.29 is 14.7 Å². The van der Waals surface area contributed by atoms with E-state index >= 15 is 0 Å². The minimum Gasteiger partial charge on any atom is -0.481 e. The Balaban J connectivity index is 2.21. The van der Waals surface area contributed by atoms with E-state index in [0.29, 0.717) is 5.56 Å². The molecule has 0 aliphatic carbocycles. The zero-order chi connectivity index (χ0) is 15.9. The van der Waals surface area contributed by atoms with Gasteiger partial charge in [-0.2, -0.15) is 0 Å². The molecule has 4 nitrogen and oxygen atoms in total. The first kappa shape index (κ1) is 15.9. The number of pyridine rings is 1. The van der Waals surface area contributed by atoms with Gasteiger partial charge in [0, 0.05) is 23.4 Å². The topological polar surface area (TPSA) is 67.3 Å². The average molecular weight is 297 g/mol. The van der Waals surface area contributed by atoms with Gasteiger partial charge in [-0.1, -0.05) is 43.3 Å². The molecule has 114 valence electrons. The van der Waals surface area contributed by atoms with Gasteiger partial charge in [0.1, 0.15) is 5.92 Å². The van der Waals surface area contributed by atoms with Gasteiger partial charge in [-0.15, -0.1) is 0 Å². The fourth-order valence-corrected chi connectivity index (χ4v) is 2.52. The Morgan fingerprint density at radius 1 is 1.09 bits per heavy atom. The third-order valence-corrected chi connectivity index (χ3v) is 3.79. The number of carbonyl (C=O) groups is 2. The van der Waals surface area contributed by atoms with Crippen LogP contribution in [0.4, 0.5) is 0 Å². The fourth-order valence-electron chi connectivity index (χ4n) is 2.52. The standard InChI is InChI=1S/C18H19NO3/c1-2-13(16-10-6-7-11-19-16)12-15(18(21)22)17(20)14-8-4-3-5-9-14/h3-11,13,15H,2,12H2,1H3,(H,21,22). The van der Waals surface area contributed by atoms with Crippen LogP contribution >= 0.6 is 0 Å². The van der Waals surface area contributed by atoms with Crippen molar-refractivity contribution in [3.05, 3.63) is 66.0 Å². The van der Waals surface area contributed by atoms with E-state index in [9.17, 15) is 14.7 Å². The number of aliphatic carboxylic acids is 1. The Bertz CT molecular complexity index is 625. The third kappa shape index (κ3) is 3.79. The smallest absolute Gasteiger partial charge is 0.314 e. The van der Waals surface area contributed by atoms with Crippen LogP contribution in [0.2, 0.25) is 0 Å². The van der Waals surface area contributed by atoms with Crippen LogP contribution in [0.5, 0.6) is 0 Å². The summed E-state index contributed by atoms with van der Waals surface area (Å²) in [6.45, 7) is 1.98. The number of rotatable bonds is 7. The Morgan fingerprint density at radius 2 is 1.77 bits per heavy atom. The van der Waals surface area contributed by atoms with Crippen LogP contribution in [0.25, 0.3) is 0 Å². The zero-order valence-corrected chi connectivity index (χ0v) is 12.5. The molecule has 0 bridgehead atoms. The molecule has 0 fully saturated rings. The number of nitrogens with zero attached hydrogens (tertiary/aromatic N) is 1. The molecule has 0 aliphatic rings. The minimum absolute atomic E-state index is 0.0463. The molecule has 2 atom stereocenters. The third-order valence-electron chi connectivity index (χ3n) is 3.79. The molecule has 1 heterocycles. The van der Waals surface area contributed by atoms with Crippen LogP contribution < -0.4 is 0 Å². The van der Waals surface area contributed by atoms with E-state index in [1.54, 1.807) is 36.5 Å². The molecule has 2 rings (SSSR count). The van der Waals surface area contributed by atoms with Gasteiger partial charge >= 0.3 is 5.97 Å². The summed E-state index contributed by atoms with van der Waals surface area (Å²) in [4.78, 5) is 28.3. The number of carboxylic acid groups (broad SMARTS) is 1. The van der Waals surface area contributed by atoms with E-state index in [2.05, 4.69) is 4.98 Å². The lowest BCUT2D eigenvalue weighted by atomic mass is 9.85. The van der Waals surface area contributed by atoms with Crippen molar-refractivity contribution in [2.75, 3.05) is 0 Å². The number of aromatic nitrogens is 1. The van der Waals surface area contributed by atoms with Gasteiger partial charge in [0.15, 0.2) is 5.78 Å². The summed E-state index contributed by atoms with van der Waals surface area (Å²) < 4.78 is 0. The second-order valence-electron chi connectivity index (χ2n) is 5.22. The van der Waals surface area contributed by atoms with E-state index in [4.69, 9.17) is 0 Å². The fraction of sp³-hybridized carbons (Fsp3) is 0.278. The quantitative estimate of drug-likeness (QED) is 0.627. The summed E-state index contributed by atoms with van der Waals surface area (Å²) in [5.41, 5.74) is 1.27.